The van der Waals surface area contributed by atoms with Gasteiger partial charge in [0.25, 0.3) is 5.91 Å². The van der Waals surface area contributed by atoms with Gasteiger partial charge in [-0.15, -0.1) is 0 Å². The van der Waals surface area contributed by atoms with Crippen LogP contribution in [-0.2, 0) is 9.53 Å². The van der Waals surface area contributed by atoms with Crippen LogP contribution in [0, 0.1) is 0 Å². The van der Waals surface area contributed by atoms with Crippen molar-refractivity contribution >= 4 is 17.5 Å². The number of amides is 2. The van der Waals surface area contributed by atoms with Gasteiger partial charge in [0.2, 0.25) is 5.91 Å². The number of morpholine rings is 1. The van der Waals surface area contributed by atoms with Crippen LogP contribution >= 0.6 is 0 Å². The highest BCUT2D eigenvalue weighted by Crippen LogP contribution is 2.13. The van der Waals surface area contributed by atoms with Gasteiger partial charge in [0.05, 0.1) is 19.8 Å². The van der Waals surface area contributed by atoms with Crippen LogP contribution in [0.4, 0.5) is 5.69 Å². The second kappa shape index (κ2) is 8.38. The Morgan fingerprint density at radius 2 is 2.05 bits per heavy atom. The van der Waals surface area contributed by atoms with Gasteiger partial charge in [-0.1, -0.05) is 13.0 Å². The van der Waals surface area contributed by atoms with E-state index in [9.17, 15) is 9.59 Å². The molecule has 0 aromatic heterocycles. The third-order valence-corrected chi connectivity index (χ3v) is 3.43. The molecule has 1 aromatic rings. The Balaban J connectivity index is 1.91. The Morgan fingerprint density at radius 1 is 1.27 bits per heavy atom. The molecule has 1 aliphatic heterocycles. The minimum Gasteiger partial charge on any atom is -0.378 e. The van der Waals surface area contributed by atoms with Crippen LogP contribution in [0.5, 0.6) is 0 Å². The molecule has 2 rings (SSSR count). The Kier molecular flexibility index (Phi) is 6.21. The van der Waals surface area contributed by atoms with Crippen molar-refractivity contribution in [2.45, 2.75) is 13.3 Å². The summed E-state index contributed by atoms with van der Waals surface area (Å²) in [5.74, 6) is -0.0471. The smallest absolute Gasteiger partial charge is 0.254 e. The molecule has 1 aliphatic rings. The average molecular weight is 305 g/mol. The molecule has 0 spiro atoms. The Bertz CT molecular complexity index is 513. The Labute approximate surface area is 130 Å². The molecule has 1 heterocycles. The van der Waals surface area contributed by atoms with Crippen LogP contribution in [0.3, 0.4) is 0 Å². The van der Waals surface area contributed by atoms with Gasteiger partial charge < -0.3 is 20.3 Å². The predicted octanol–water partition coefficient (Wildman–Crippen LogP) is 1.10. The summed E-state index contributed by atoms with van der Waals surface area (Å²) in [5, 5.41) is 5.85. The Hall–Kier alpha value is -2.08. The molecule has 0 bridgehead atoms. The van der Waals surface area contributed by atoms with E-state index in [4.69, 9.17) is 4.74 Å². The van der Waals surface area contributed by atoms with Gasteiger partial charge in [0, 0.05) is 30.9 Å². The third kappa shape index (κ3) is 4.73. The lowest BCUT2D eigenvalue weighted by atomic mass is 10.1. The maximum absolute atomic E-state index is 12.4. The second-order valence-electron chi connectivity index (χ2n) is 5.19. The van der Waals surface area contributed by atoms with E-state index in [0.717, 1.165) is 12.1 Å². The Morgan fingerprint density at radius 3 is 2.77 bits per heavy atom. The number of nitrogens with zero attached hydrogens (tertiary/aromatic N) is 1. The normalized spacial score (nSPS) is 14.5. The van der Waals surface area contributed by atoms with Gasteiger partial charge in [-0.25, -0.2) is 0 Å². The molecule has 6 nitrogen and oxygen atoms in total. The van der Waals surface area contributed by atoms with Gasteiger partial charge in [-0.2, -0.15) is 0 Å². The summed E-state index contributed by atoms with van der Waals surface area (Å²) in [7, 11) is 0. The van der Waals surface area contributed by atoms with Crippen LogP contribution in [-0.4, -0.2) is 56.1 Å². The molecular formula is C16H23N3O3. The summed E-state index contributed by atoms with van der Waals surface area (Å²) in [6.07, 6.45) is 0.912. The number of carbonyl (C=O) groups is 2. The van der Waals surface area contributed by atoms with Crippen LogP contribution in [0.2, 0.25) is 0 Å². The van der Waals surface area contributed by atoms with Crippen LogP contribution in [0.25, 0.3) is 0 Å². The van der Waals surface area contributed by atoms with Gasteiger partial charge in [-0.05, 0) is 24.6 Å². The molecule has 0 radical (unpaired) electrons. The van der Waals surface area contributed by atoms with Crippen molar-refractivity contribution in [3.05, 3.63) is 29.8 Å². The zero-order valence-corrected chi connectivity index (χ0v) is 12.9. The van der Waals surface area contributed by atoms with Crippen molar-refractivity contribution in [3.63, 3.8) is 0 Å². The fourth-order valence-corrected chi connectivity index (χ4v) is 2.22. The lowest BCUT2D eigenvalue weighted by Gasteiger charge is -2.27. The average Bonchev–Trinajstić information content (AvgIpc) is 2.58. The molecular weight excluding hydrogens is 282 g/mol. The standard InChI is InChI=1S/C16H23N3O3/c1-2-6-17-15(20)12-18-14-5-3-4-13(11-14)16(21)19-7-9-22-10-8-19/h3-5,11,18H,2,6-10,12H2,1H3,(H,17,20). The first kappa shape index (κ1) is 16.3. The van der Waals surface area contributed by atoms with Crippen molar-refractivity contribution in [3.8, 4) is 0 Å². The van der Waals surface area contributed by atoms with Crippen molar-refractivity contribution in [1.82, 2.24) is 10.2 Å². The van der Waals surface area contributed by atoms with Crippen molar-refractivity contribution in [2.24, 2.45) is 0 Å². The molecule has 2 N–H and O–H groups in total. The van der Waals surface area contributed by atoms with Gasteiger partial charge in [-0.3, -0.25) is 9.59 Å². The summed E-state index contributed by atoms with van der Waals surface area (Å²) >= 11 is 0. The van der Waals surface area contributed by atoms with Gasteiger partial charge in [0.15, 0.2) is 0 Å². The second-order valence-corrected chi connectivity index (χ2v) is 5.19. The number of rotatable bonds is 6. The van der Waals surface area contributed by atoms with Crippen LogP contribution in [0.1, 0.15) is 23.7 Å². The number of hydrogen-bond acceptors (Lipinski definition) is 4. The maximum Gasteiger partial charge on any atom is 0.254 e. The highest BCUT2D eigenvalue weighted by atomic mass is 16.5. The number of anilines is 1. The summed E-state index contributed by atoms with van der Waals surface area (Å²) in [6.45, 7) is 5.30. The number of carbonyl (C=O) groups excluding carboxylic acids is 2. The number of hydrogen-bond donors (Lipinski definition) is 2. The van der Waals surface area contributed by atoms with Crippen molar-refractivity contribution in [1.29, 1.82) is 0 Å². The lowest BCUT2D eigenvalue weighted by Crippen LogP contribution is -2.40. The van der Waals surface area contributed by atoms with Crippen molar-refractivity contribution in [2.75, 3.05) is 44.7 Å². The monoisotopic (exact) mass is 305 g/mol. The minimum atomic E-state index is -0.0493. The van der Waals surface area contributed by atoms with Crippen molar-refractivity contribution < 1.29 is 14.3 Å². The zero-order valence-electron chi connectivity index (χ0n) is 12.9. The molecule has 22 heavy (non-hydrogen) atoms. The molecule has 0 saturated carbocycles. The van der Waals surface area contributed by atoms with E-state index in [2.05, 4.69) is 10.6 Å². The zero-order chi connectivity index (χ0) is 15.8. The topological polar surface area (TPSA) is 70.7 Å². The first-order chi connectivity index (χ1) is 10.7. The molecule has 1 saturated heterocycles. The maximum atomic E-state index is 12.4. The SMILES string of the molecule is CCCNC(=O)CNc1cccc(C(=O)N2CCOCC2)c1. The molecule has 1 fully saturated rings. The highest BCUT2D eigenvalue weighted by molar-refractivity contribution is 5.95. The lowest BCUT2D eigenvalue weighted by molar-refractivity contribution is -0.119. The van der Waals surface area contributed by atoms with Gasteiger partial charge >= 0.3 is 0 Å². The number of ether oxygens (including phenoxy) is 1. The molecule has 0 unspecified atom stereocenters. The van der Waals surface area contributed by atoms with Crippen LogP contribution in [0.15, 0.2) is 24.3 Å². The number of nitrogens with one attached hydrogen (secondary N) is 2. The minimum absolute atomic E-state index is 0.00221. The summed E-state index contributed by atoms with van der Waals surface area (Å²) in [4.78, 5) is 25.8. The molecule has 0 atom stereocenters. The largest absolute Gasteiger partial charge is 0.378 e. The quantitative estimate of drug-likeness (QED) is 0.825. The van der Waals surface area contributed by atoms with E-state index < -0.39 is 0 Å². The fraction of sp³-hybridized carbons (Fsp3) is 0.500. The highest BCUT2D eigenvalue weighted by Gasteiger charge is 2.18. The van der Waals surface area contributed by atoms with E-state index in [-0.39, 0.29) is 18.4 Å². The summed E-state index contributed by atoms with van der Waals surface area (Å²) < 4.78 is 5.26. The van der Waals surface area contributed by atoms with E-state index >= 15 is 0 Å². The molecule has 0 aliphatic carbocycles. The fourth-order valence-electron chi connectivity index (χ4n) is 2.22. The van der Waals surface area contributed by atoms with Crippen LogP contribution < -0.4 is 10.6 Å². The first-order valence-electron chi connectivity index (χ1n) is 7.68. The van der Waals surface area contributed by atoms with Gasteiger partial charge in [0.1, 0.15) is 0 Å². The summed E-state index contributed by atoms with van der Waals surface area (Å²) in [6, 6.07) is 7.24. The predicted molar refractivity (Wildman–Crippen MR) is 85.0 cm³/mol. The third-order valence-electron chi connectivity index (χ3n) is 3.43. The molecule has 6 heteroatoms. The van der Waals surface area contributed by atoms with E-state index in [1.165, 1.54) is 0 Å². The van der Waals surface area contributed by atoms with E-state index in [0.29, 0.717) is 38.4 Å². The molecule has 120 valence electrons. The summed E-state index contributed by atoms with van der Waals surface area (Å²) in [5.41, 5.74) is 1.40. The van der Waals surface area contributed by atoms with E-state index in [1.54, 1.807) is 17.0 Å². The molecule has 1 aromatic carbocycles. The molecule has 2 amide bonds. The number of benzene rings is 1. The first-order valence-corrected chi connectivity index (χ1v) is 7.68. The van der Waals surface area contributed by atoms with E-state index in [1.807, 2.05) is 19.1 Å².